The molecule has 0 saturated carbocycles. The fourth-order valence-electron chi connectivity index (χ4n) is 1.82. The Kier molecular flexibility index (Phi) is 3.29. The first-order chi connectivity index (χ1) is 7.18. The van der Waals surface area contributed by atoms with Crippen molar-refractivity contribution < 1.29 is 9.84 Å². The molecule has 1 aromatic rings. The van der Waals surface area contributed by atoms with Crippen molar-refractivity contribution in [3.8, 4) is 5.75 Å². The van der Waals surface area contributed by atoms with Gasteiger partial charge >= 0.3 is 0 Å². The Bertz CT molecular complexity index is 362. The zero-order chi connectivity index (χ0) is 10.8. The van der Waals surface area contributed by atoms with E-state index in [-0.39, 0.29) is 11.8 Å². The van der Waals surface area contributed by atoms with Crippen LogP contribution in [0.15, 0.2) is 16.6 Å². The number of hydrogen-bond donors (Lipinski definition) is 2. The van der Waals surface area contributed by atoms with E-state index in [2.05, 4.69) is 21.2 Å². The maximum Gasteiger partial charge on any atom is 0.130 e. The quantitative estimate of drug-likeness (QED) is 0.822. The number of ether oxygens (including phenoxy) is 1. The average Bonchev–Trinajstić information content (AvgIpc) is 2.25. The van der Waals surface area contributed by atoms with E-state index in [0.29, 0.717) is 6.61 Å². The highest BCUT2D eigenvalue weighted by molar-refractivity contribution is 9.10. The van der Waals surface area contributed by atoms with Gasteiger partial charge in [-0.1, -0.05) is 0 Å². The third-order valence-electron chi connectivity index (χ3n) is 2.63. The smallest absolute Gasteiger partial charge is 0.130 e. The lowest BCUT2D eigenvalue weighted by Gasteiger charge is -2.25. The lowest BCUT2D eigenvalue weighted by atomic mass is 10.0. The highest BCUT2D eigenvalue weighted by Crippen LogP contribution is 2.30. The standard InChI is InChI=1S/C11H14BrNO2/c1-7-4-9(12)11(14)5-8(7)10-6-15-3-2-13-10/h4-5,10,13-14H,2-3,6H2,1H3. The molecule has 0 bridgehead atoms. The van der Waals surface area contributed by atoms with Crippen LogP contribution in [0.3, 0.4) is 0 Å². The first kappa shape index (κ1) is 10.9. The number of phenolic OH excluding ortho intramolecular Hbond substituents is 1. The van der Waals surface area contributed by atoms with E-state index >= 15 is 0 Å². The molecule has 1 saturated heterocycles. The number of aromatic hydroxyl groups is 1. The summed E-state index contributed by atoms with van der Waals surface area (Å²) >= 11 is 3.30. The molecular formula is C11H14BrNO2. The van der Waals surface area contributed by atoms with Crippen LogP contribution < -0.4 is 5.32 Å². The van der Waals surface area contributed by atoms with Gasteiger partial charge in [0.05, 0.1) is 23.7 Å². The van der Waals surface area contributed by atoms with E-state index in [1.807, 2.05) is 13.0 Å². The zero-order valence-electron chi connectivity index (χ0n) is 8.59. The summed E-state index contributed by atoms with van der Waals surface area (Å²) in [6.07, 6.45) is 0. The number of phenols is 1. The highest BCUT2D eigenvalue weighted by Gasteiger charge is 2.18. The van der Waals surface area contributed by atoms with E-state index in [1.165, 1.54) is 0 Å². The molecule has 0 aliphatic carbocycles. The summed E-state index contributed by atoms with van der Waals surface area (Å²) in [6, 6.07) is 3.92. The zero-order valence-corrected chi connectivity index (χ0v) is 10.2. The number of aryl methyl sites for hydroxylation is 1. The molecule has 2 N–H and O–H groups in total. The van der Waals surface area contributed by atoms with Gasteiger partial charge in [0.2, 0.25) is 0 Å². The van der Waals surface area contributed by atoms with Gasteiger partial charge in [0, 0.05) is 6.54 Å². The molecule has 0 aromatic heterocycles. The number of rotatable bonds is 1. The van der Waals surface area contributed by atoms with Crippen LogP contribution in [-0.4, -0.2) is 24.9 Å². The molecule has 3 nitrogen and oxygen atoms in total. The molecule has 0 radical (unpaired) electrons. The predicted octanol–water partition coefficient (Wildman–Crippen LogP) is 2.12. The second kappa shape index (κ2) is 4.51. The number of hydrogen-bond acceptors (Lipinski definition) is 3. The molecule has 1 aliphatic rings. The van der Waals surface area contributed by atoms with Crippen molar-refractivity contribution in [3.05, 3.63) is 27.7 Å². The van der Waals surface area contributed by atoms with E-state index < -0.39 is 0 Å². The molecule has 1 aromatic carbocycles. The van der Waals surface area contributed by atoms with Gasteiger partial charge in [-0.05, 0) is 46.1 Å². The summed E-state index contributed by atoms with van der Waals surface area (Å²) in [5.74, 6) is 0.281. The van der Waals surface area contributed by atoms with Gasteiger partial charge in [0.25, 0.3) is 0 Å². The first-order valence-corrected chi connectivity index (χ1v) is 5.78. The molecule has 0 amide bonds. The summed E-state index contributed by atoms with van der Waals surface area (Å²) < 4.78 is 6.14. The Morgan fingerprint density at radius 1 is 1.53 bits per heavy atom. The Labute approximate surface area is 97.6 Å². The Hall–Kier alpha value is -0.580. The van der Waals surface area contributed by atoms with Crippen molar-refractivity contribution in [2.45, 2.75) is 13.0 Å². The third-order valence-corrected chi connectivity index (χ3v) is 3.27. The van der Waals surface area contributed by atoms with Crippen LogP contribution >= 0.6 is 15.9 Å². The molecule has 4 heteroatoms. The van der Waals surface area contributed by atoms with Gasteiger partial charge in [-0.3, -0.25) is 0 Å². The Balaban J connectivity index is 2.30. The number of morpholine rings is 1. The van der Waals surface area contributed by atoms with E-state index in [4.69, 9.17) is 4.74 Å². The fourth-order valence-corrected chi connectivity index (χ4v) is 2.28. The van der Waals surface area contributed by atoms with E-state index in [0.717, 1.165) is 28.8 Å². The van der Waals surface area contributed by atoms with Crippen molar-refractivity contribution in [2.75, 3.05) is 19.8 Å². The van der Waals surface area contributed by atoms with Crippen LogP contribution in [0.25, 0.3) is 0 Å². The molecule has 1 atom stereocenters. The van der Waals surface area contributed by atoms with Gasteiger partial charge < -0.3 is 15.2 Å². The molecule has 82 valence electrons. The monoisotopic (exact) mass is 271 g/mol. The second-order valence-corrected chi connectivity index (χ2v) is 4.60. The third kappa shape index (κ3) is 2.33. The van der Waals surface area contributed by atoms with Crippen molar-refractivity contribution in [1.29, 1.82) is 0 Å². The lowest BCUT2D eigenvalue weighted by molar-refractivity contribution is 0.0766. The minimum atomic E-state index is 0.192. The van der Waals surface area contributed by atoms with Crippen LogP contribution in [0.4, 0.5) is 0 Å². The normalized spacial score (nSPS) is 21.6. The first-order valence-electron chi connectivity index (χ1n) is 4.98. The number of halogens is 1. The van der Waals surface area contributed by atoms with E-state index in [9.17, 15) is 5.11 Å². The molecular weight excluding hydrogens is 258 g/mol. The van der Waals surface area contributed by atoms with Gasteiger partial charge in [0.1, 0.15) is 5.75 Å². The maximum atomic E-state index is 9.64. The Morgan fingerprint density at radius 3 is 3.00 bits per heavy atom. The van der Waals surface area contributed by atoms with Crippen LogP contribution in [-0.2, 0) is 4.74 Å². The van der Waals surface area contributed by atoms with Gasteiger partial charge in [0.15, 0.2) is 0 Å². The molecule has 1 unspecified atom stereocenters. The molecule has 2 rings (SSSR count). The van der Waals surface area contributed by atoms with Gasteiger partial charge in [-0.2, -0.15) is 0 Å². The van der Waals surface area contributed by atoms with Crippen molar-refractivity contribution in [2.24, 2.45) is 0 Å². The summed E-state index contributed by atoms with van der Waals surface area (Å²) in [6.45, 7) is 4.33. The lowest BCUT2D eigenvalue weighted by Crippen LogP contribution is -2.34. The van der Waals surface area contributed by atoms with Crippen molar-refractivity contribution in [1.82, 2.24) is 5.32 Å². The molecule has 1 aliphatic heterocycles. The fraction of sp³-hybridized carbons (Fsp3) is 0.455. The van der Waals surface area contributed by atoms with Crippen LogP contribution in [0.5, 0.6) is 5.75 Å². The summed E-state index contributed by atoms with van der Waals surface area (Å²) in [4.78, 5) is 0. The molecule has 1 fully saturated rings. The summed E-state index contributed by atoms with van der Waals surface area (Å²) in [7, 11) is 0. The predicted molar refractivity (Wildman–Crippen MR) is 62.1 cm³/mol. The number of benzene rings is 1. The summed E-state index contributed by atoms with van der Waals surface area (Å²) in [5.41, 5.74) is 2.26. The number of nitrogens with one attached hydrogen (secondary N) is 1. The molecule has 1 heterocycles. The van der Waals surface area contributed by atoms with Crippen molar-refractivity contribution >= 4 is 15.9 Å². The van der Waals surface area contributed by atoms with E-state index in [1.54, 1.807) is 6.07 Å². The SMILES string of the molecule is Cc1cc(Br)c(O)cc1C1COCCN1. The largest absolute Gasteiger partial charge is 0.507 e. The van der Waals surface area contributed by atoms with Gasteiger partial charge in [-0.25, -0.2) is 0 Å². The van der Waals surface area contributed by atoms with Crippen molar-refractivity contribution in [3.63, 3.8) is 0 Å². The topological polar surface area (TPSA) is 41.5 Å². The van der Waals surface area contributed by atoms with Crippen LogP contribution in [0, 0.1) is 6.92 Å². The van der Waals surface area contributed by atoms with Crippen LogP contribution in [0.2, 0.25) is 0 Å². The minimum Gasteiger partial charge on any atom is -0.507 e. The van der Waals surface area contributed by atoms with Crippen LogP contribution in [0.1, 0.15) is 17.2 Å². The molecule has 15 heavy (non-hydrogen) atoms. The highest BCUT2D eigenvalue weighted by atomic mass is 79.9. The minimum absolute atomic E-state index is 0.192. The second-order valence-electron chi connectivity index (χ2n) is 3.74. The summed E-state index contributed by atoms with van der Waals surface area (Å²) in [5, 5.41) is 13.0. The Morgan fingerprint density at radius 2 is 2.33 bits per heavy atom. The maximum absolute atomic E-state index is 9.64. The average molecular weight is 272 g/mol. The molecule has 0 spiro atoms. The van der Waals surface area contributed by atoms with Gasteiger partial charge in [-0.15, -0.1) is 0 Å².